The Labute approximate surface area is 117 Å². The van der Waals surface area contributed by atoms with Crippen molar-refractivity contribution in [2.75, 3.05) is 7.11 Å². The van der Waals surface area contributed by atoms with Gasteiger partial charge in [-0.05, 0) is 65.7 Å². The monoisotopic (exact) mass is 258 g/mol. The summed E-state index contributed by atoms with van der Waals surface area (Å²) in [6.45, 7) is 7.45. The minimum atomic E-state index is 0.377. The minimum Gasteiger partial charge on any atom is -0.497 e. The highest BCUT2D eigenvalue weighted by Gasteiger charge is 2.49. The van der Waals surface area contributed by atoms with Gasteiger partial charge in [-0.3, -0.25) is 0 Å². The number of ether oxygens (including phenoxy) is 1. The Hall–Kier alpha value is -0.980. The van der Waals surface area contributed by atoms with E-state index in [-0.39, 0.29) is 0 Å². The van der Waals surface area contributed by atoms with Crippen molar-refractivity contribution in [2.45, 2.75) is 58.3 Å². The summed E-state index contributed by atoms with van der Waals surface area (Å²) in [7, 11) is 1.76. The fraction of sp³-hybridized carbons (Fsp3) is 0.667. The molecule has 0 heterocycles. The lowest BCUT2D eigenvalue weighted by Gasteiger charge is -2.54. The van der Waals surface area contributed by atoms with Crippen molar-refractivity contribution < 1.29 is 4.74 Å². The van der Waals surface area contributed by atoms with Crippen molar-refractivity contribution in [3.05, 3.63) is 29.3 Å². The van der Waals surface area contributed by atoms with E-state index < -0.39 is 0 Å². The molecule has 1 saturated carbocycles. The van der Waals surface area contributed by atoms with Crippen molar-refractivity contribution >= 4 is 0 Å². The first kappa shape index (κ1) is 13.0. The van der Waals surface area contributed by atoms with E-state index >= 15 is 0 Å². The first-order valence-electron chi connectivity index (χ1n) is 7.65. The molecule has 1 fully saturated rings. The van der Waals surface area contributed by atoms with Gasteiger partial charge in [0.25, 0.3) is 0 Å². The van der Waals surface area contributed by atoms with Gasteiger partial charge >= 0.3 is 0 Å². The van der Waals surface area contributed by atoms with Gasteiger partial charge < -0.3 is 4.74 Å². The molecule has 104 valence electrons. The number of aryl methyl sites for hydroxylation is 1. The Kier molecular flexibility index (Phi) is 2.92. The zero-order chi connectivity index (χ0) is 13.7. The number of fused-ring (bicyclic) bond motifs is 3. The summed E-state index contributed by atoms with van der Waals surface area (Å²) in [5, 5.41) is 0. The van der Waals surface area contributed by atoms with Gasteiger partial charge in [-0.25, -0.2) is 0 Å². The van der Waals surface area contributed by atoms with Crippen molar-refractivity contribution in [1.29, 1.82) is 0 Å². The molecule has 0 unspecified atom stereocenters. The van der Waals surface area contributed by atoms with E-state index in [0.29, 0.717) is 10.8 Å². The molecule has 0 aliphatic heterocycles. The standard InChI is InChI=1S/C18H26O/c1-17(2)10-5-11-18(3)15-8-7-14(19-4)12-13(15)6-9-16(17)18/h7-8,12,16H,5-6,9-11H2,1-4H3/t16-,18+/m0/s1. The van der Waals surface area contributed by atoms with E-state index in [9.17, 15) is 0 Å². The maximum Gasteiger partial charge on any atom is 0.119 e. The van der Waals surface area contributed by atoms with E-state index in [1.807, 2.05) is 0 Å². The maximum atomic E-state index is 5.39. The Morgan fingerprint density at radius 3 is 2.68 bits per heavy atom. The molecule has 2 aliphatic rings. The van der Waals surface area contributed by atoms with Gasteiger partial charge in [-0.15, -0.1) is 0 Å². The summed E-state index contributed by atoms with van der Waals surface area (Å²) < 4.78 is 5.39. The second-order valence-electron chi connectivity index (χ2n) is 7.37. The highest BCUT2D eigenvalue weighted by molar-refractivity contribution is 5.43. The molecule has 0 aromatic heterocycles. The fourth-order valence-corrected chi connectivity index (χ4v) is 4.91. The fourth-order valence-electron chi connectivity index (χ4n) is 4.91. The minimum absolute atomic E-state index is 0.377. The van der Waals surface area contributed by atoms with E-state index in [1.54, 1.807) is 12.7 Å². The lowest BCUT2D eigenvalue weighted by atomic mass is 9.50. The lowest BCUT2D eigenvalue weighted by Crippen LogP contribution is -2.47. The first-order valence-corrected chi connectivity index (χ1v) is 7.65. The Morgan fingerprint density at radius 2 is 1.95 bits per heavy atom. The van der Waals surface area contributed by atoms with Crippen LogP contribution in [-0.2, 0) is 11.8 Å². The van der Waals surface area contributed by atoms with Crippen LogP contribution in [0.2, 0.25) is 0 Å². The largest absolute Gasteiger partial charge is 0.497 e. The van der Waals surface area contributed by atoms with Gasteiger partial charge in [0.1, 0.15) is 5.75 Å². The summed E-state index contributed by atoms with van der Waals surface area (Å²) in [5.74, 6) is 1.84. The molecule has 0 spiro atoms. The predicted octanol–water partition coefficient (Wildman–Crippen LogP) is 4.73. The molecule has 3 rings (SSSR count). The Bertz CT molecular complexity index is 488. The predicted molar refractivity (Wildman–Crippen MR) is 79.8 cm³/mol. The molecule has 2 aliphatic carbocycles. The molecular weight excluding hydrogens is 232 g/mol. The zero-order valence-electron chi connectivity index (χ0n) is 12.8. The lowest BCUT2D eigenvalue weighted by molar-refractivity contribution is 0.0407. The third-order valence-corrected chi connectivity index (χ3v) is 5.86. The van der Waals surface area contributed by atoms with Crippen molar-refractivity contribution in [2.24, 2.45) is 11.3 Å². The van der Waals surface area contributed by atoms with Crippen LogP contribution in [0.3, 0.4) is 0 Å². The first-order chi connectivity index (χ1) is 8.97. The van der Waals surface area contributed by atoms with Crippen LogP contribution in [0.15, 0.2) is 18.2 Å². The molecule has 19 heavy (non-hydrogen) atoms. The van der Waals surface area contributed by atoms with Gasteiger partial charge in [-0.1, -0.05) is 33.3 Å². The number of hydrogen-bond acceptors (Lipinski definition) is 1. The van der Waals surface area contributed by atoms with Gasteiger partial charge in [0.2, 0.25) is 0 Å². The molecule has 0 amide bonds. The van der Waals surface area contributed by atoms with Crippen LogP contribution in [-0.4, -0.2) is 7.11 Å². The highest BCUT2D eigenvalue weighted by atomic mass is 16.5. The summed E-state index contributed by atoms with van der Waals surface area (Å²) >= 11 is 0. The normalized spacial score (nSPS) is 32.3. The number of rotatable bonds is 1. The molecule has 0 N–H and O–H groups in total. The second-order valence-corrected chi connectivity index (χ2v) is 7.37. The quantitative estimate of drug-likeness (QED) is 0.708. The van der Waals surface area contributed by atoms with Crippen LogP contribution in [0.5, 0.6) is 5.75 Å². The van der Waals surface area contributed by atoms with Crippen molar-refractivity contribution in [1.82, 2.24) is 0 Å². The van der Waals surface area contributed by atoms with Gasteiger partial charge in [0.05, 0.1) is 7.11 Å². The van der Waals surface area contributed by atoms with Crippen LogP contribution in [0.1, 0.15) is 57.6 Å². The SMILES string of the molecule is COc1ccc2c(c1)CC[C@H]1C(C)(C)CCC[C@]21C. The number of methoxy groups -OCH3 is 1. The van der Waals surface area contributed by atoms with Crippen LogP contribution in [0.25, 0.3) is 0 Å². The maximum absolute atomic E-state index is 5.39. The highest BCUT2D eigenvalue weighted by Crippen LogP contribution is 2.57. The third-order valence-electron chi connectivity index (χ3n) is 5.86. The summed E-state index contributed by atoms with van der Waals surface area (Å²) in [5.41, 5.74) is 3.99. The zero-order valence-corrected chi connectivity index (χ0v) is 12.8. The van der Waals surface area contributed by atoms with E-state index in [0.717, 1.165) is 11.7 Å². The molecule has 1 aromatic rings. The summed E-state index contributed by atoms with van der Waals surface area (Å²) in [4.78, 5) is 0. The van der Waals surface area contributed by atoms with Gasteiger partial charge in [-0.2, -0.15) is 0 Å². The van der Waals surface area contributed by atoms with E-state index in [1.165, 1.54) is 37.7 Å². The van der Waals surface area contributed by atoms with Gasteiger partial charge in [0, 0.05) is 0 Å². The average Bonchev–Trinajstić information content (AvgIpc) is 2.37. The summed E-state index contributed by atoms with van der Waals surface area (Å²) in [6, 6.07) is 6.74. The van der Waals surface area contributed by atoms with E-state index in [4.69, 9.17) is 4.74 Å². The van der Waals surface area contributed by atoms with Crippen LogP contribution in [0, 0.1) is 11.3 Å². The average molecular weight is 258 g/mol. The molecule has 1 aromatic carbocycles. The van der Waals surface area contributed by atoms with Crippen LogP contribution >= 0.6 is 0 Å². The van der Waals surface area contributed by atoms with Crippen LogP contribution < -0.4 is 4.74 Å². The smallest absolute Gasteiger partial charge is 0.119 e. The molecule has 1 heteroatoms. The molecular formula is C18H26O. The van der Waals surface area contributed by atoms with Crippen LogP contribution in [0.4, 0.5) is 0 Å². The van der Waals surface area contributed by atoms with E-state index in [2.05, 4.69) is 39.0 Å². The molecule has 2 atom stereocenters. The van der Waals surface area contributed by atoms with Gasteiger partial charge in [0.15, 0.2) is 0 Å². The second kappa shape index (κ2) is 4.26. The molecule has 0 bridgehead atoms. The number of benzene rings is 1. The summed E-state index contributed by atoms with van der Waals surface area (Å²) in [6.07, 6.45) is 6.66. The third kappa shape index (κ3) is 1.89. The molecule has 0 radical (unpaired) electrons. The Balaban J connectivity index is 2.07. The van der Waals surface area contributed by atoms with Crippen molar-refractivity contribution in [3.8, 4) is 5.75 Å². The topological polar surface area (TPSA) is 9.23 Å². The molecule has 0 saturated heterocycles. The van der Waals surface area contributed by atoms with Crippen molar-refractivity contribution in [3.63, 3.8) is 0 Å². The number of hydrogen-bond donors (Lipinski definition) is 0. The molecule has 1 nitrogen and oxygen atoms in total. The Morgan fingerprint density at radius 1 is 1.16 bits per heavy atom.